The number of hydrogen-bond donors (Lipinski definition) is 1. The molecule has 0 aliphatic rings. The van der Waals surface area contributed by atoms with Gasteiger partial charge in [-0.2, -0.15) is 0 Å². The number of rotatable bonds is 7. The standard InChI is InChI=1S/C14H20N4O2/c1-11-4-5-13(14(8-11)19-3)20-7-6-18-10-12(9-15-2)16-17-18/h4-5,8,10,15H,6-7,9H2,1-3H3. The van der Waals surface area contributed by atoms with E-state index in [9.17, 15) is 0 Å². The predicted octanol–water partition coefficient (Wildman–Crippen LogP) is 1.39. The molecule has 0 bridgehead atoms. The number of hydrogen-bond acceptors (Lipinski definition) is 5. The summed E-state index contributed by atoms with van der Waals surface area (Å²) in [6.07, 6.45) is 1.91. The van der Waals surface area contributed by atoms with Crippen LogP contribution in [-0.2, 0) is 13.1 Å². The fourth-order valence-corrected chi connectivity index (χ4v) is 1.85. The molecule has 1 heterocycles. The van der Waals surface area contributed by atoms with Gasteiger partial charge in [-0.25, -0.2) is 4.68 Å². The molecule has 0 saturated heterocycles. The highest BCUT2D eigenvalue weighted by Crippen LogP contribution is 2.27. The molecule has 0 aliphatic carbocycles. The normalized spacial score (nSPS) is 10.6. The Kier molecular flexibility index (Phi) is 4.95. The molecular formula is C14H20N4O2. The maximum Gasteiger partial charge on any atom is 0.161 e. The number of aryl methyl sites for hydroxylation is 1. The molecule has 1 N–H and O–H groups in total. The fourth-order valence-electron chi connectivity index (χ4n) is 1.85. The SMILES string of the molecule is CNCc1cn(CCOc2ccc(C)cc2OC)nn1. The van der Waals surface area contributed by atoms with Gasteiger partial charge in [-0.15, -0.1) is 5.10 Å². The van der Waals surface area contributed by atoms with E-state index in [1.807, 2.05) is 38.4 Å². The van der Waals surface area contributed by atoms with Gasteiger partial charge in [-0.3, -0.25) is 0 Å². The minimum absolute atomic E-state index is 0.516. The molecule has 0 spiro atoms. The van der Waals surface area contributed by atoms with Gasteiger partial charge in [0, 0.05) is 12.7 Å². The number of nitrogens with one attached hydrogen (secondary N) is 1. The maximum atomic E-state index is 5.73. The zero-order valence-corrected chi connectivity index (χ0v) is 12.1. The second kappa shape index (κ2) is 6.91. The molecule has 1 aromatic heterocycles. The Balaban J connectivity index is 1.89. The Hall–Kier alpha value is -2.08. The van der Waals surface area contributed by atoms with E-state index in [-0.39, 0.29) is 0 Å². The van der Waals surface area contributed by atoms with E-state index in [0.717, 1.165) is 22.8 Å². The summed E-state index contributed by atoms with van der Waals surface area (Å²) >= 11 is 0. The minimum Gasteiger partial charge on any atom is -0.493 e. The van der Waals surface area contributed by atoms with Gasteiger partial charge >= 0.3 is 0 Å². The second-order valence-corrected chi connectivity index (χ2v) is 4.51. The van der Waals surface area contributed by atoms with E-state index in [1.165, 1.54) is 0 Å². The van der Waals surface area contributed by atoms with Gasteiger partial charge in [0.15, 0.2) is 11.5 Å². The first-order valence-corrected chi connectivity index (χ1v) is 6.54. The Morgan fingerprint density at radius 2 is 2.15 bits per heavy atom. The van der Waals surface area contributed by atoms with Gasteiger partial charge in [0.05, 0.1) is 19.3 Å². The second-order valence-electron chi connectivity index (χ2n) is 4.51. The number of methoxy groups -OCH3 is 1. The summed E-state index contributed by atoms with van der Waals surface area (Å²) in [4.78, 5) is 0. The Morgan fingerprint density at radius 3 is 2.90 bits per heavy atom. The van der Waals surface area contributed by atoms with Gasteiger partial charge < -0.3 is 14.8 Å². The summed E-state index contributed by atoms with van der Waals surface area (Å²) in [6.45, 7) is 3.90. The Morgan fingerprint density at radius 1 is 1.30 bits per heavy atom. The highest BCUT2D eigenvalue weighted by atomic mass is 16.5. The van der Waals surface area contributed by atoms with Crippen molar-refractivity contribution in [2.75, 3.05) is 20.8 Å². The molecule has 0 aliphatic heterocycles. The minimum atomic E-state index is 0.516. The number of nitrogens with zero attached hydrogens (tertiary/aromatic N) is 3. The van der Waals surface area contributed by atoms with Crippen molar-refractivity contribution in [1.29, 1.82) is 0 Å². The van der Waals surface area contributed by atoms with Crippen LogP contribution < -0.4 is 14.8 Å². The van der Waals surface area contributed by atoms with Crippen molar-refractivity contribution in [1.82, 2.24) is 20.3 Å². The lowest BCUT2D eigenvalue weighted by Crippen LogP contribution is -2.09. The van der Waals surface area contributed by atoms with Crippen LogP contribution in [0.4, 0.5) is 0 Å². The van der Waals surface area contributed by atoms with Crippen LogP contribution in [0.2, 0.25) is 0 Å². The molecule has 20 heavy (non-hydrogen) atoms. The molecule has 0 atom stereocenters. The lowest BCUT2D eigenvalue weighted by atomic mass is 10.2. The van der Waals surface area contributed by atoms with Crippen molar-refractivity contribution in [2.24, 2.45) is 0 Å². The van der Waals surface area contributed by atoms with Crippen LogP contribution in [0.5, 0.6) is 11.5 Å². The van der Waals surface area contributed by atoms with Crippen LogP contribution in [0.15, 0.2) is 24.4 Å². The van der Waals surface area contributed by atoms with Crippen molar-refractivity contribution in [3.63, 3.8) is 0 Å². The molecule has 6 heteroatoms. The molecule has 2 rings (SSSR count). The first-order chi connectivity index (χ1) is 9.72. The molecule has 0 unspecified atom stereocenters. The molecule has 0 saturated carbocycles. The van der Waals surface area contributed by atoms with E-state index < -0.39 is 0 Å². The monoisotopic (exact) mass is 276 g/mol. The smallest absolute Gasteiger partial charge is 0.161 e. The van der Waals surface area contributed by atoms with E-state index in [0.29, 0.717) is 19.7 Å². The van der Waals surface area contributed by atoms with E-state index in [2.05, 4.69) is 15.6 Å². The van der Waals surface area contributed by atoms with Gasteiger partial charge in [-0.1, -0.05) is 11.3 Å². The molecule has 6 nitrogen and oxygen atoms in total. The van der Waals surface area contributed by atoms with Gasteiger partial charge in [0.25, 0.3) is 0 Å². The predicted molar refractivity (Wildman–Crippen MR) is 76.0 cm³/mol. The Labute approximate surface area is 118 Å². The molecular weight excluding hydrogens is 256 g/mol. The van der Waals surface area contributed by atoms with Crippen LogP contribution in [0.25, 0.3) is 0 Å². The topological polar surface area (TPSA) is 61.2 Å². The summed E-state index contributed by atoms with van der Waals surface area (Å²) < 4.78 is 12.8. The van der Waals surface area contributed by atoms with Crippen LogP contribution in [0, 0.1) is 6.92 Å². The molecule has 108 valence electrons. The average molecular weight is 276 g/mol. The molecule has 0 fully saturated rings. The first kappa shape index (κ1) is 14.3. The quantitative estimate of drug-likeness (QED) is 0.828. The van der Waals surface area contributed by atoms with Crippen LogP contribution >= 0.6 is 0 Å². The van der Waals surface area contributed by atoms with Crippen LogP contribution in [-0.4, -0.2) is 35.8 Å². The lowest BCUT2D eigenvalue weighted by molar-refractivity contribution is 0.273. The third-order valence-electron chi connectivity index (χ3n) is 2.84. The summed E-state index contributed by atoms with van der Waals surface area (Å²) in [5, 5.41) is 11.1. The van der Waals surface area contributed by atoms with E-state index in [1.54, 1.807) is 11.8 Å². The van der Waals surface area contributed by atoms with Crippen molar-refractivity contribution in [2.45, 2.75) is 20.0 Å². The fraction of sp³-hybridized carbons (Fsp3) is 0.429. The van der Waals surface area contributed by atoms with Crippen molar-refractivity contribution < 1.29 is 9.47 Å². The third-order valence-corrected chi connectivity index (χ3v) is 2.84. The number of aromatic nitrogens is 3. The van der Waals surface area contributed by atoms with Gasteiger partial charge in [-0.05, 0) is 31.7 Å². The van der Waals surface area contributed by atoms with Crippen molar-refractivity contribution in [3.05, 3.63) is 35.7 Å². The van der Waals surface area contributed by atoms with Crippen molar-refractivity contribution >= 4 is 0 Å². The zero-order valence-electron chi connectivity index (χ0n) is 12.1. The Bertz CT molecular complexity index is 554. The summed E-state index contributed by atoms with van der Waals surface area (Å²) in [6, 6.07) is 5.87. The highest BCUT2D eigenvalue weighted by molar-refractivity contribution is 5.42. The number of ether oxygens (including phenoxy) is 2. The average Bonchev–Trinajstić information content (AvgIpc) is 2.88. The van der Waals surface area contributed by atoms with E-state index >= 15 is 0 Å². The summed E-state index contributed by atoms with van der Waals surface area (Å²) in [5.41, 5.74) is 2.06. The zero-order chi connectivity index (χ0) is 14.4. The van der Waals surface area contributed by atoms with E-state index in [4.69, 9.17) is 9.47 Å². The van der Waals surface area contributed by atoms with Crippen LogP contribution in [0.1, 0.15) is 11.3 Å². The largest absolute Gasteiger partial charge is 0.493 e. The summed E-state index contributed by atoms with van der Waals surface area (Å²) in [5.74, 6) is 1.49. The lowest BCUT2D eigenvalue weighted by Gasteiger charge is -2.11. The third kappa shape index (κ3) is 3.71. The van der Waals surface area contributed by atoms with Crippen LogP contribution in [0.3, 0.4) is 0 Å². The molecule has 2 aromatic rings. The molecule has 0 amide bonds. The highest BCUT2D eigenvalue weighted by Gasteiger charge is 2.05. The molecule has 1 aromatic carbocycles. The summed E-state index contributed by atoms with van der Waals surface area (Å²) in [7, 11) is 3.52. The van der Waals surface area contributed by atoms with Crippen molar-refractivity contribution in [3.8, 4) is 11.5 Å². The molecule has 0 radical (unpaired) electrons. The number of benzene rings is 1. The maximum absolute atomic E-state index is 5.73. The van der Waals surface area contributed by atoms with Gasteiger partial charge in [0.1, 0.15) is 6.61 Å². The first-order valence-electron chi connectivity index (χ1n) is 6.54. The van der Waals surface area contributed by atoms with Gasteiger partial charge in [0.2, 0.25) is 0 Å².